The van der Waals surface area contributed by atoms with Gasteiger partial charge >= 0.3 is 0 Å². The Balaban J connectivity index is 2.24. The van der Waals surface area contributed by atoms with Crippen molar-refractivity contribution in [3.8, 4) is 0 Å². The predicted molar refractivity (Wildman–Crippen MR) is 47.6 cm³/mol. The topological polar surface area (TPSA) is 17.8 Å². The van der Waals surface area contributed by atoms with Gasteiger partial charge in [-0.05, 0) is 18.8 Å². The number of hydrogen-bond donors (Lipinski definition) is 0. The molecule has 76 valence electrons. The minimum absolute atomic E-state index is 0.0544. The molecule has 0 N–H and O–H groups in total. The molecule has 2 atom stereocenters. The molecule has 0 radical (unpaired) electrons. The van der Waals surface area contributed by atoms with E-state index in [-0.39, 0.29) is 11.6 Å². The van der Waals surface area contributed by atoms with Crippen molar-refractivity contribution in [2.45, 2.75) is 24.7 Å². The van der Waals surface area contributed by atoms with Gasteiger partial charge in [-0.2, -0.15) is 13.9 Å². The lowest BCUT2D eigenvalue weighted by atomic mass is 9.73. The summed E-state index contributed by atoms with van der Waals surface area (Å²) in [6.45, 7) is 0. The van der Waals surface area contributed by atoms with Crippen molar-refractivity contribution in [2.24, 2.45) is 13.0 Å². The monoisotopic (exact) mass is 218 g/mol. The van der Waals surface area contributed by atoms with Gasteiger partial charge in [0.25, 0.3) is 5.92 Å². The molecular formula is C9H9ClF2N2. The van der Waals surface area contributed by atoms with Gasteiger partial charge in [-0.25, -0.2) is 0 Å². The predicted octanol–water partition coefficient (Wildman–Crippen LogP) is 2.67. The van der Waals surface area contributed by atoms with Gasteiger partial charge in [0.2, 0.25) is 0 Å². The summed E-state index contributed by atoms with van der Waals surface area (Å²) in [5.74, 6) is -3.36. The van der Waals surface area contributed by atoms with E-state index in [2.05, 4.69) is 5.10 Å². The van der Waals surface area contributed by atoms with Crippen LogP contribution in [0, 0.1) is 5.92 Å². The molecule has 0 spiro atoms. The number of nitrogens with zero attached hydrogens (tertiary/aromatic N) is 2. The summed E-state index contributed by atoms with van der Waals surface area (Å²) < 4.78 is 28.7. The van der Waals surface area contributed by atoms with Crippen LogP contribution in [-0.2, 0) is 13.0 Å². The second kappa shape index (κ2) is 2.30. The van der Waals surface area contributed by atoms with Crippen molar-refractivity contribution >= 4 is 11.6 Å². The lowest BCUT2D eigenvalue weighted by Crippen LogP contribution is -2.31. The molecule has 1 unspecified atom stereocenters. The molecule has 2 aliphatic rings. The summed E-state index contributed by atoms with van der Waals surface area (Å²) in [6.07, 6.45) is 1.41. The molecule has 1 fully saturated rings. The molecule has 0 aliphatic heterocycles. The van der Waals surface area contributed by atoms with Gasteiger partial charge in [0.1, 0.15) is 10.8 Å². The average molecular weight is 219 g/mol. The van der Waals surface area contributed by atoms with Gasteiger partial charge in [-0.15, -0.1) is 0 Å². The summed E-state index contributed by atoms with van der Waals surface area (Å²) in [6, 6.07) is 0. The van der Waals surface area contributed by atoms with Gasteiger partial charge in [-0.3, -0.25) is 4.68 Å². The normalized spacial score (nSPS) is 32.3. The molecule has 0 aromatic carbocycles. The lowest BCUT2D eigenvalue weighted by molar-refractivity contribution is -0.0910. The highest BCUT2D eigenvalue weighted by Crippen LogP contribution is 2.62. The largest absolute Gasteiger partial charge is 0.295 e. The van der Waals surface area contributed by atoms with Gasteiger partial charge in [0.15, 0.2) is 0 Å². The maximum atomic E-state index is 13.7. The Morgan fingerprint density at radius 3 is 2.79 bits per heavy atom. The van der Waals surface area contributed by atoms with E-state index < -0.39 is 11.8 Å². The lowest BCUT2D eigenvalue weighted by Gasteiger charge is -2.33. The van der Waals surface area contributed by atoms with Gasteiger partial charge in [0, 0.05) is 18.5 Å². The van der Waals surface area contributed by atoms with Crippen LogP contribution in [0.2, 0.25) is 5.15 Å². The van der Waals surface area contributed by atoms with Crippen molar-refractivity contribution in [2.75, 3.05) is 0 Å². The molecule has 1 heterocycles. The zero-order valence-electron chi connectivity index (χ0n) is 7.60. The number of halogens is 3. The zero-order valence-corrected chi connectivity index (χ0v) is 8.35. The summed E-state index contributed by atoms with van der Waals surface area (Å²) in [5.41, 5.74) is 0.507. The van der Waals surface area contributed by atoms with Gasteiger partial charge in [0.05, 0.1) is 0 Å². The maximum Gasteiger partial charge on any atom is 0.295 e. The maximum absolute atomic E-state index is 13.7. The first-order valence-electron chi connectivity index (χ1n) is 4.64. The molecule has 3 rings (SSSR count). The van der Waals surface area contributed by atoms with Crippen LogP contribution in [0.25, 0.3) is 0 Å². The third-order valence-electron chi connectivity index (χ3n) is 3.44. The number of alkyl halides is 2. The third-order valence-corrected chi connectivity index (χ3v) is 3.89. The summed E-state index contributed by atoms with van der Waals surface area (Å²) in [4.78, 5) is 0. The summed E-state index contributed by atoms with van der Waals surface area (Å²) >= 11 is 5.94. The van der Waals surface area contributed by atoms with Crippen LogP contribution < -0.4 is 0 Å². The van der Waals surface area contributed by atoms with Gasteiger partial charge in [-0.1, -0.05) is 11.6 Å². The molecule has 0 saturated heterocycles. The fraction of sp³-hybridized carbons (Fsp3) is 0.667. The molecule has 5 heteroatoms. The fourth-order valence-electron chi connectivity index (χ4n) is 2.55. The second-order valence-corrected chi connectivity index (χ2v) is 4.45. The van der Waals surface area contributed by atoms with Gasteiger partial charge < -0.3 is 0 Å². The van der Waals surface area contributed by atoms with Crippen molar-refractivity contribution in [3.05, 3.63) is 16.4 Å². The Kier molecular flexibility index (Phi) is 1.42. The standard InChI is InChI=1S/C9H9ClF2N2/c1-14-8(10)6-4-2-3-5(4)9(11,12)7(6)13-14/h4-5H,2-3H2,1H3/t4-,5?/m0/s1. The Morgan fingerprint density at radius 2 is 2.21 bits per heavy atom. The Morgan fingerprint density at radius 1 is 1.50 bits per heavy atom. The van der Waals surface area contributed by atoms with E-state index in [9.17, 15) is 8.78 Å². The highest BCUT2D eigenvalue weighted by Gasteiger charge is 2.61. The number of aryl methyl sites for hydroxylation is 1. The highest BCUT2D eigenvalue weighted by molar-refractivity contribution is 6.30. The molecule has 14 heavy (non-hydrogen) atoms. The van der Waals surface area contributed by atoms with Crippen LogP contribution in [0.15, 0.2) is 0 Å². The average Bonchev–Trinajstić information content (AvgIpc) is 2.35. The highest BCUT2D eigenvalue weighted by atomic mass is 35.5. The van der Waals surface area contributed by atoms with E-state index in [1.165, 1.54) is 4.68 Å². The molecule has 2 nitrogen and oxygen atoms in total. The van der Waals surface area contributed by atoms with E-state index in [0.29, 0.717) is 17.1 Å². The third kappa shape index (κ3) is 0.749. The van der Waals surface area contributed by atoms with Crippen molar-refractivity contribution < 1.29 is 8.78 Å². The van der Waals surface area contributed by atoms with Crippen molar-refractivity contribution in [1.29, 1.82) is 0 Å². The minimum Gasteiger partial charge on any atom is -0.256 e. The molecule has 1 aromatic heterocycles. The van der Waals surface area contributed by atoms with E-state index in [1.54, 1.807) is 7.05 Å². The van der Waals surface area contributed by atoms with E-state index in [4.69, 9.17) is 11.6 Å². The summed E-state index contributed by atoms with van der Waals surface area (Å²) in [7, 11) is 1.60. The first-order chi connectivity index (χ1) is 6.53. The zero-order chi connectivity index (χ0) is 10.1. The van der Waals surface area contributed by atoms with Crippen LogP contribution in [0.3, 0.4) is 0 Å². The van der Waals surface area contributed by atoms with Crippen LogP contribution in [0.1, 0.15) is 30.0 Å². The Bertz CT molecular complexity index is 413. The van der Waals surface area contributed by atoms with E-state index in [0.717, 1.165) is 6.42 Å². The Labute approximate surface area is 84.9 Å². The van der Waals surface area contributed by atoms with E-state index >= 15 is 0 Å². The fourth-order valence-corrected chi connectivity index (χ4v) is 2.82. The first kappa shape index (κ1) is 8.65. The number of hydrogen-bond acceptors (Lipinski definition) is 1. The SMILES string of the molecule is Cn1nc2c(c1Cl)[C@H]1CCC1C2(F)F. The molecule has 1 saturated carbocycles. The van der Waals surface area contributed by atoms with E-state index in [1.807, 2.05) is 0 Å². The molecule has 2 aliphatic carbocycles. The number of aromatic nitrogens is 2. The van der Waals surface area contributed by atoms with Crippen molar-refractivity contribution in [1.82, 2.24) is 9.78 Å². The molecule has 0 amide bonds. The van der Waals surface area contributed by atoms with Crippen LogP contribution in [-0.4, -0.2) is 9.78 Å². The molecule has 0 bridgehead atoms. The van der Waals surface area contributed by atoms with Crippen LogP contribution >= 0.6 is 11.6 Å². The minimum atomic E-state index is -2.76. The first-order valence-corrected chi connectivity index (χ1v) is 5.02. The Hall–Kier alpha value is -0.640. The number of fused-ring (bicyclic) bond motifs is 3. The smallest absolute Gasteiger partial charge is 0.256 e. The van der Waals surface area contributed by atoms with Crippen LogP contribution in [0.5, 0.6) is 0 Å². The summed E-state index contributed by atoms with van der Waals surface area (Å²) in [5, 5.41) is 4.20. The number of rotatable bonds is 0. The molecule has 1 aromatic rings. The quantitative estimate of drug-likeness (QED) is 0.655. The molecular weight excluding hydrogens is 210 g/mol. The van der Waals surface area contributed by atoms with Crippen molar-refractivity contribution in [3.63, 3.8) is 0 Å². The van der Waals surface area contributed by atoms with Crippen LogP contribution in [0.4, 0.5) is 8.78 Å². The second-order valence-electron chi connectivity index (χ2n) is 4.09.